The Kier molecular flexibility index (Phi) is 9.38. The Morgan fingerprint density at radius 1 is 1.20 bits per heavy atom. The normalized spacial score (nSPS) is 11.9. The lowest BCUT2D eigenvalue weighted by atomic mass is 9.97. The summed E-state index contributed by atoms with van der Waals surface area (Å²) in [6.07, 6.45) is 5.57. The number of amides is 3. The number of carbonyl (C=O) groups is 3. The predicted octanol–water partition coefficient (Wildman–Crippen LogP) is 3.00. The molecule has 0 bridgehead atoms. The lowest BCUT2D eigenvalue weighted by Gasteiger charge is -2.32. The lowest BCUT2D eigenvalue weighted by molar-refractivity contribution is -0.140. The van der Waals surface area contributed by atoms with Crippen molar-refractivity contribution in [3.63, 3.8) is 0 Å². The molecule has 1 atom stereocenters. The van der Waals surface area contributed by atoms with Gasteiger partial charge in [-0.15, -0.1) is 6.42 Å². The Bertz CT molecular complexity index is 790. The first-order chi connectivity index (χ1) is 14.0. The molecule has 0 saturated heterocycles. The Hall–Kier alpha value is -3.01. The fourth-order valence-corrected chi connectivity index (χ4v) is 2.88. The fraction of sp³-hybridized carbons (Fsp3) is 0.522. The second-order valence-electron chi connectivity index (χ2n) is 8.24. The second kappa shape index (κ2) is 11.2. The van der Waals surface area contributed by atoms with Gasteiger partial charge in [0.15, 0.2) is 0 Å². The SMILES string of the molecule is C#Cc1ccccc1C(C(=O)NC(C)C)N(CCC)C(=O)CNC(=O)OC(C)(C)C. The summed E-state index contributed by atoms with van der Waals surface area (Å²) in [5.41, 5.74) is 0.425. The number of ether oxygens (including phenoxy) is 1. The predicted molar refractivity (Wildman–Crippen MR) is 117 cm³/mol. The fourth-order valence-electron chi connectivity index (χ4n) is 2.88. The summed E-state index contributed by atoms with van der Waals surface area (Å²) < 4.78 is 5.18. The van der Waals surface area contributed by atoms with Crippen molar-refractivity contribution in [1.29, 1.82) is 0 Å². The number of terminal acetylenes is 1. The summed E-state index contributed by atoms with van der Waals surface area (Å²) in [7, 11) is 0. The highest BCUT2D eigenvalue weighted by atomic mass is 16.6. The van der Waals surface area contributed by atoms with Gasteiger partial charge in [-0.3, -0.25) is 9.59 Å². The zero-order valence-electron chi connectivity index (χ0n) is 18.7. The lowest BCUT2D eigenvalue weighted by Crippen LogP contribution is -2.49. The van der Waals surface area contributed by atoms with Crippen molar-refractivity contribution in [3.8, 4) is 12.3 Å². The molecule has 0 saturated carbocycles. The quantitative estimate of drug-likeness (QED) is 0.639. The zero-order valence-corrected chi connectivity index (χ0v) is 18.7. The molecule has 0 fully saturated rings. The largest absolute Gasteiger partial charge is 0.444 e. The number of hydrogen-bond acceptors (Lipinski definition) is 4. The van der Waals surface area contributed by atoms with Gasteiger partial charge in [0.1, 0.15) is 18.2 Å². The highest BCUT2D eigenvalue weighted by Gasteiger charge is 2.32. The van der Waals surface area contributed by atoms with E-state index in [0.717, 1.165) is 0 Å². The van der Waals surface area contributed by atoms with E-state index in [0.29, 0.717) is 24.1 Å². The van der Waals surface area contributed by atoms with Crippen LogP contribution in [-0.4, -0.2) is 47.5 Å². The van der Waals surface area contributed by atoms with Crippen LogP contribution in [0.3, 0.4) is 0 Å². The minimum atomic E-state index is -0.910. The number of rotatable bonds is 8. The van der Waals surface area contributed by atoms with Crippen LogP contribution < -0.4 is 10.6 Å². The molecular formula is C23H33N3O4. The summed E-state index contributed by atoms with van der Waals surface area (Å²) in [6.45, 7) is 10.8. The Morgan fingerprint density at radius 3 is 2.37 bits per heavy atom. The van der Waals surface area contributed by atoms with Gasteiger partial charge in [0.25, 0.3) is 0 Å². The number of alkyl carbamates (subject to hydrolysis) is 1. The maximum absolute atomic E-state index is 13.1. The van der Waals surface area contributed by atoms with E-state index in [1.54, 1.807) is 45.0 Å². The Labute approximate surface area is 179 Å². The molecule has 1 rings (SSSR count). The average Bonchev–Trinajstić information content (AvgIpc) is 2.64. The maximum atomic E-state index is 13.1. The number of carbonyl (C=O) groups excluding carboxylic acids is 3. The first-order valence-corrected chi connectivity index (χ1v) is 10.1. The second-order valence-corrected chi connectivity index (χ2v) is 8.24. The molecule has 1 unspecified atom stereocenters. The number of nitrogens with one attached hydrogen (secondary N) is 2. The summed E-state index contributed by atoms with van der Waals surface area (Å²) in [5.74, 6) is 1.86. The van der Waals surface area contributed by atoms with Crippen LogP contribution in [0.4, 0.5) is 4.79 Å². The van der Waals surface area contributed by atoms with E-state index < -0.39 is 23.6 Å². The van der Waals surface area contributed by atoms with Crippen LogP contribution in [0, 0.1) is 12.3 Å². The summed E-state index contributed by atoms with van der Waals surface area (Å²) in [4.78, 5) is 39.5. The van der Waals surface area contributed by atoms with Crippen LogP contribution in [0.2, 0.25) is 0 Å². The van der Waals surface area contributed by atoms with Crippen molar-refractivity contribution < 1.29 is 19.1 Å². The molecule has 2 N–H and O–H groups in total. The van der Waals surface area contributed by atoms with E-state index >= 15 is 0 Å². The first-order valence-electron chi connectivity index (χ1n) is 10.1. The molecule has 0 aromatic heterocycles. The molecule has 0 aliphatic carbocycles. The van der Waals surface area contributed by atoms with E-state index in [-0.39, 0.29) is 18.5 Å². The van der Waals surface area contributed by atoms with Crippen LogP contribution in [0.25, 0.3) is 0 Å². The monoisotopic (exact) mass is 415 g/mol. The zero-order chi connectivity index (χ0) is 22.9. The molecule has 0 radical (unpaired) electrons. The van der Waals surface area contributed by atoms with Gasteiger partial charge >= 0.3 is 6.09 Å². The third-order valence-corrected chi connectivity index (χ3v) is 3.97. The Morgan fingerprint density at radius 2 is 1.83 bits per heavy atom. The van der Waals surface area contributed by atoms with Crippen LogP contribution >= 0.6 is 0 Å². The minimum absolute atomic E-state index is 0.114. The number of benzene rings is 1. The molecule has 7 heteroatoms. The van der Waals surface area contributed by atoms with Crippen molar-refractivity contribution in [3.05, 3.63) is 35.4 Å². The molecule has 0 heterocycles. The van der Waals surface area contributed by atoms with Gasteiger partial charge in [0.05, 0.1) is 0 Å². The summed E-state index contributed by atoms with van der Waals surface area (Å²) in [6, 6.07) is 6.02. The van der Waals surface area contributed by atoms with E-state index in [1.807, 2.05) is 20.8 Å². The molecular weight excluding hydrogens is 382 g/mol. The van der Waals surface area contributed by atoms with E-state index in [9.17, 15) is 14.4 Å². The van der Waals surface area contributed by atoms with Crippen LogP contribution in [-0.2, 0) is 14.3 Å². The number of nitrogens with zero attached hydrogens (tertiary/aromatic N) is 1. The van der Waals surface area contributed by atoms with Crippen molar-refractivity contribution >= 4 is 17.9 Å². The molecule has 30 heavy (non-hydrogen) atoms. The van der Waals surface area contributed by atoms with Crippen LogP contribution in [0.15, 0.2) is 24.3 Å². The summed E-state index contributed by atoms with van der Waals surface area (Å²) >= 11 is 0. The minimum Gasteiger partial charge on any atom is -0.444 e. The Balaban J connectivity index is 3.21. The molecule has 0 spiro atoms. The van der Waals surface area contributed by atoms with Gasteiger partial charge in [0.2, 0.25) is 11.8 Å². The van der Waals surface area contributed by atoms with Gasteiger partial charge in [-0.05, 0) is 52.7 Å². The molecule has 0 aliphatic heterocycles. The molecule has 0 aliphatic rings. The average molecular weight is 416 g/mol. The van der Waals surface area contributed by atoms with Gasteiger partial charge in [-0.1, -0.05) is 31.0 Å². The third kappa shape index (κ3) is 7.78. The van der Waals surface area contributed by atoms with Crippen molar-refractivity contribution in [2.75, 3.05) is 13.1 Å². The molecule has 1 aromatic rings. The maximum Gasteiger partial charge on any atom is 0.408 e. The molecule has 164 valence electrons. The van der Waals surface area contributed by atoms with E-state index in [4.69, 9.17) is 11.2 Å². The highest BCUT2D eigenvalue weighted by molar-refractivity contribution is 5.91. The van der Waals surface area contributed by atoms with Crippen molar-refractivity contribution in [2.45, 2.75) is 65.6 Å². The standard InChI is InChI=1S/C23H33N3O4/c1-8-14-26(19(27)15-24-22(29)30-23(5,6)7)20(21(28)25-16(3)4)18-13-11-10-12-17(18)9-2/h2,10-13,16,20H,8,14-15H2,1,3-7H3,(H,24,29)(H,25,28). The topological polar surface area (TPSA) is 87.7 Å². The van der Waals surface area contributed by atoms with Crippen LogP contribution in [0.5, 0.6) is 0 Å². The van der Waals surface area contributed by atoms with Gasteiger partial charge < -0.3 is 20.3 Å². The summed E-state index contributed by atoms with van der Waals surface area (Å²) in [5, 5.41) is 5.34. The smallest absolute Gasteiger partial charge is 0.408 e. The van der Waals surface area contributed by atoms with E-state index in [2.05, 4.69) is 16.6 Å². The van der Waals surface area contributed by atoms with Gasteiger partial charge in [-0.25, -0.2) is 4.79 Å². The van der Waals surface area contributed by atoms with Crippen LogP contribution in [0.1, 0.15) is 65.1 Å². The molecule has 7 nitrogen and oxygen atoms in total. The van der Waals surface area contributed by atoms with Crippen molar-refractivity contribution in [1.82, 2.24) is 15.5 Å². The third-order valence-electron chi connectivity index (χ3n) is 3.97. The molecule has 3 amide bonds. The number of hydrogen-bond donors (Lipinski definition) is 2. The van der Waals surface area contributed by atoms with Gasteiger partial charge in [0, 0.05) is 18.2 Å². The van der Waals surface area contributed by atoms with Crippen molar-refractivity contribution in [2.24, 2.45) is 0 Å². The highest BCUT2D eigenvalue weighted by Crippen LogP contribution is 2.25. The molecule has 1 aromatic carbocycles. The van der Waals surface area contributed by atoms with Gasteiger partial charge in [-0.2, -0.15) is 0 Å². The van der Waals surface area contributed by atoms with E-state index in [1.165, 1.54) is 4.90 Å². The first kappa shape index (κ1) is 25.0.